The highest BCUT2D eigenvalue weighted by Crippen LogP contribution is 2.71. The van der Waals surface area contributed by atoms with Crippen molar-refractivity contribution in [1.29, 1.82) is 0 Å². The second-order valence-corrected chi connectivity index (χ2v) is 7.52. The molecule has 0 saturated heterocycles. The van der Waals surface area contributed by atoms with Crippen molar-refractivity contribution in [1.82, 2.24) is 0 Å². The van der Waals surface area contributed by atoms with E-state index >= 15 is 0 Å². The average Bonchev–Trinajstić information content (AvgIpc) is 2.47. The zero-order chi connectivity index (χ0) is 14.5. The van der Waals surface area contributed by atoms with Gasteiger partial charge in [0.05, 0.1) is 12.5 Å². The van der Waals surface area contributed by atoms with E-state index in [4.69, 9.17) is 4.74 Å². The summed E-state index contributed by atoms with van der Waals surface area (Å²) in [5.74, 6) is -0.193. The smallest absolute Gasteiger partial charge is 0.313 e. The van der Waals surface area contributed by atoms with Crippen molar-refractivity contribution in [3.8, 4) is 0 Å². The highest BCUT2D eigenvalue weighted by molar-refractivity contribution is 5.78. The average molecular weight is 264 g/mol. The zero-order valence-corrected chi connectivity index (χ0v) is 13.1. The van der Waals surface area contributed by atoms with Crippen molar-refractivity contribution in [2.24, 2.45) is 22.2 Å². The molecular formula is C17H28O2. The normalized spacial score (nSPS) is 40.9. The molecule has 0 heterocycles. The van der Waals surface area contributed by atoms with Gasteiger partial charge in [-0.15, -0.1) is 0 Å². The molecule has 108 valence electrons. The second-order valence-electron chi connectivity index (χ2n) is 7.52. The third-order valence-electron chi connectivity index (χ3n) is 6.32. The van der Waals surface area contributed by atoms with Gasteiger partial charge in [-0.25, -0.2) is 0 Å². The number of carbonyl (C=O) groups is 1. The largest absolute Gasteiger partial charge is 0.466 e. The first-order valence-electron chi connectivity index (χ1n) is 7.54. The van der Waals surface area contributed by atoms with Crippen LogP contribution >= 0.6 is 0 Å². The van der Waals surface area contributed by atoms with E-state index in [0.717, 1.165) is 12.0 Å². The van der Waals surface area contributed by atoms with Gasteiger partial charge in [-0.1, -0.05) is 46.3 Å². The SMILES string of the molecule is C=C1C[C@@]2(C)CCCC(C)(C)[C@@]2(C)[C@@H]1C(=O)OCC. The van der Waals surface area contributed by atoms with Crippen LogP contribution < -0.4 is 0 Å². The van der Waals surface area contributed by atoms with E-state index in [1.165, 1.54) is 19.3 Å². The van der Waals surface area contributed by atoms with E-state index in [-0.39, 0.29) is 28.1 Å². The topological polar surface area (TPSA) is 26.3 Å². The van der Waals surface area contributed by atoms with E-state index in [1.54, 1.807) is 0 Å². The lowest BCUT2D eigenvalue weighted by Crippen LogP contribution is -2.53. The Kier molecular flexibility index (Phi) is 3.35. The fourth-order valence-corrected chi connectivity index (χ4v) is 4.91. The molecule has 0 spiro atoms. The first-order valence-corrected chi connectivity index (χ1v) is 7.54. The summed E-state index contributed by atoms with van der Waals surface area (Å²) >= 11 is 0. The maximum atomic E-state index is 12.5. The fraction of sp³-hybridized carbons (Fsp3) is 0.824. The van der Waals surface area contributed by atoms with E-state index in [9.17, 15) is 4.79 Å². The molecular weight excluding hydrogens is 236 g/mol. The Bertz CT molecular complexity index is 401. The van der Waals surface area contributed by atoms with Gasteiger partial charge in [0.15, 0.2) is 0 Å². The Morgan fingerprint density at radius 2 is 1.95 bits per heavy atom. The fourth-order valence-electron chi connectivity index (χ4n) is 4.91. The van der Waals surface area contributed by atoms with Crippen molar-refractivity contribution in [3.63, 3.8) is 0 Å². The molecule has 2 nitrogen and oxygen atoms in total. The minimum Gasteiger partial charge on any atom is -0.466 e. The molecule has 0 aromatic heterocycles. The van der Waals surface area contributed by atoms with Crippen LogP contribution in [0.15, 0.2) is 12.2 Å². The van der Waals surface area contributed by atoms with Gasteiger partial charge in [0.2, 0.25) is 0 Å². The van der Waals surface area contributed by atoms with E-state index < -0.39 is 0 Å². The molecule has 0 bridgehead atoms. The molecule has 0 N–H and O–H groups in total. The standard InChI is InChI=1S/C17H28O2/c1-7-19-14(18)13-12(2)11-16(5)10-8-9-15(3,4)17(13,16)6/h13H,2,7-11H2,1,3-6H3/t13-,16+,17+/m0/s1. The monoisotopic (exact) mass is 264 g/mol. The van der Waals surface area contributed by atoms with Crippen LogP contribution in [0.25, 0.3) is 0 Å². The number of carbonyl (C=O) groups excluding carboxylic acids is 1. The molecule has 3 atom stereocenters. The summed E-state index contributed by atoms with van der Waals surface area (Å²) in [6, 6.07) is 0. The van der Waals surface area contributed by atoms with Gasteiger partial charge in [-0.3, -0.25) is 4.79 Å². The third kappa shape index (κ3) is 1.79. The minimum atomic E-state index is -0.132. The van der Waals surface area contributed by atoms with E-state index in [2.05, 4.69) is 34.3 Å². The molecule has 0 aliphatic heterocycles. The van der Waals surface area contributed by atoms with Gasteiger partial charge in [0.25, 0.3) is 0 Å². The van der Waals surface area contributed by atoms with Crippen LogP contribution in [0.5, 0.6) is 0 Å². The van der Waals surface area contributed by atoms with Crippen LogP contribution in [0, 0.1) is 22.2 Å². The quantitative estimate of drug-likeness (QED) is 0.547. The van der Waals surface area contributed by atoms with Crippen LogP contribution in [0.2, 0.25) is 0 Å². The van der Waals surface area contributed by atoms with Gasteiger partial charge < -0.3 is 4.74 Å². The molecule has 2 saturated carbocycles. The molecule has 0 unspecified atom stereocenters. The lowest BCUT2D eigenvalue weighted by atomic mass is 9.46. The lowest BCUT2D eigenvalue weighted by Gasteiger charge is -2.57. The Balaban J connectivity index is 2.49. The Morgan fingerprint density at radius 1 is 1.32 bits per heavy atom. The van der Waals surface area contributed by atoms with Gasteiger partial charge in [-0.2, -0.15) is 0 Å². The van der Waals surface area contributed by atoms with Crippen molar-refractivity contribution in [3.05, 3.63) is 12.2 Å². The molecule has 0 amide bonds. The Hall–Kier alpha value is -0.790. The van der Waals surface area contributed by atoms with Crippen molar-refractivity contribution >= 4 is 5.97 Å². The summed E-state index contributed by atoms with van der Waals surface area (Å²) in [6.07, 6.45) is 4.60. The lowest BCUT2D eigenvalue weighted by molar-refractivity contribution is -0.163. The molecule has 0 aromatic rings. The van der Waals surface area contributed by atoms with Gasteiger partial charge in [0.1, 0.15) is 0 Å². The van der Waals surface area contributed by atoms with Crippen LogP contribution in [-0.2, 0) is 9.53 Å². The molecule has 2 aliphatic carbocycles. The number of fused-ring (bicyclic) bond motifs is 1. The van der Waals surface area contributed by atoms with Gasteiger partial charge >= 0.3 is 5.97 Å². The highest BCUT2D eigenvalue weighted by atomic mass is 16.5. The van der Waals surface area contributed by atoms with Crippen molar-refractivity contribution in [2.45, 2.75) is 60.3 Å². The number of hydrogen-bond acceptors (Lipinski definition) is 2. The predicted octanol–water partition coefficient (Wildman–Crippen LogP) is 4.35. The summed E-state index contributed by atoms with van der Waals surface area (Å²) in [7, 11) is 0. The first-order chi connectivity index (χ1) is 8.69. The Morgan fingerprint density at radius 3 is 2.53 bits per heavy atom. The zero-order valence-electron chi connectivity index (χ0n) is 13.1. The second kappa shape index (κ2) is 4.36. The number of hydrogen-bond donors (Lipinski definition) is 0. The van der Waals surface area contributed by atoms with E-state index in [0.29, 0.717) is 6.61 Å². The predicted molar refractivity (Wildman–Crippen MR) is 77.7 cm³/mol. The van der Waals surface area contributed by atoms with Crippen molar-refractivity contribution < 1.29 is 9.53 Å². The van der Waals surface area contributed by atoms with Crippen molar-refractivity contribution in [2.75, 3.05) is 6.61 Å². The minimum absolute atomic E-state index is 0.0401. The molecule has 2 rings (SSSR count). The maximum absolute atomic E-state index is 12.5. The summed E-state index contributed by atoms with van der Waals surface area (Å²) in [4.78, 5) is 12.5. The maximum Gasteiger partial charge on any atom is 0.313 e. The molecule has 2 fully saturated rings. The number of rotatable bonds is 2. The summed E-state index contributed by atoms with van der Waals surface area (Å²) in [6.45, 7) is 15.8. The van der Waals surface area contributed by atoms with Crippen LogP contribution in [0.3, 0.4) is 0 Å². The molecule has 0 radical (unpaired) electrons. The highest BCUT2D eigenvalue weighted by Gasteiger charge is 2.66. The van der Waals surface area contributed by atoms with E-state index in [1.807, 2.05) is 6.92 Å². The van der Waals surface area contributed by atoms with Crippen LogP contribution in [-0.4, -0.2) is 12.6 Å². The molecule has 2 heteroatoms. The summed E-state index contributed by atoms with van der Waals surface area (Å²) < 4.78 is 5.35. The summed E-state index contributed by atoms with van der Waals surface area (Å²) in [5.41, 5.74) is 1.38. The number of esters is 1. The first kappa shape index (κ1) is 14.6. The Labute approximate surface area is 117 Å². The van der Waals surface area contributed by atoms with Gasteiger partial charge in [-0.05, 0) is 42.4 Å². The molecule has 0 aromatic carbocycles. The van der Waals surface area contributed by atoms with Crippen LogP contribution in [0.1, 0.15) is 60.3 Å². The van der Waals surface area contributed by atoms with Crippen LogP contribution in [0.4, 0.5) is 0 Å². The number of ether oxygens (including phenoxy) is 1. The summed E-state index contributed by atoms with van der Waals surface area (Å²) in [5, 5.41) is 0. The molecule has 2 aliphatic rings. The van der Waals surface area contributed by atoms with Gasteiger partial charge in [0, 0.05) is 0 Å². The third-order valence-corrected chi connectivity index (χ3v) is 6.32. The molecule has 19 heavy (non-hydrogen) atoms.